The van der Waals surface area contributed by atoms with Gasteiger partial charge in [0, 0.05) is 34.3 Å². The molecular formula is C25H21ClN2O3. The molecule has 1 aliphatic heterocycles. The highest BCUT2D eigenvalue weighted by atomic mass is 35.5. The van der Waals surface area contributed by atoms with E-state index in [1.54, 1.807) is 12.1 Å². The second-order valence-electron chi connectivity index (χ2n) is 7.96. The van der Waals surface area contributed by atoms with Crippen molar-refractivity contribution in [1.29, 1.82) is 0 Å². The highest BCUT2D eigenvalue weighted by Crippen LogP contribution is 2.51. The summed E-state index contributed by atoms with van der Waals surface area (Å²) in [5.41, 5.74) is 4.13. The van der Waals surface area contributed by atoms with Gasteiger partial charge in [0.05, 0.1) is 11.0 Å². The summed E-state index contributed by atoms with van der Waals surface area (Å²) in [7, 11) is 0. The Kier molecular flexibility index (Phi) is 5.12. The van der Waals surface area contributed by atoms with Crippen molar-refractivity contribution >= 4 is 23.0 Å². The summed E-state index contributed by atoms with van der Waals surface area (Å²) in [6.45, 7) is 0.517. The van der Waals surface area contributed by atoms with Gasteiger partial charge in [0.25, 0.3) is 5.69 Å². The molecule has 0 spiro atoms. The molecule has 3 aromatic carbocycles. The van der Waals surface area contributed by atoms with E-state index in [1.807, 2.05) is 42.5 Å². The number of ether oxygens (including phenoxy) is 1. The lowest BCUT2D eigenvalue weighted by Crippen LogP contribution is -2.29. The van der Waals surface area contributed by atoms with Crippen molar-refractivity contribution in [3.63, 3.8) is 0 Å². The molecule has 0 amide bonds. The highest BCUT2D eigenvalue weighted by Gasteiger charge is 2.39. The van der Waals surface area contributed by atoms with E-state index in [1.165, 1.54) is 11.6 Å². The van der Waals surface area contributed by atoms with E-state index in [4.69, 9.17) is 16.3 Å². The van der Waals surface area contributed by atoms with E-state index in [9.17, 15) is 10.1 Å². The molecule has 1 heterocycles. The van der Waals surface area contributed by atoms with Crippen LogP contribution in [0.3, 0.4) is 0 Å². The maximum atomic E-state index is 11.3. The number of nitrogens with zero attached hydrogens (tertiary/aromatic N) is 1. The Labute approximate surface area is 185 Å². The summed E-state index contributed by atoms with van der Waals surface area (Å²) in [6, 6.07) is 20.7. The fourth-order valence-electron chi connectivity index (χ4n) is 4.59. The van der Waals surface area contributed by atoms with E-state index in [0.717, 1.165) is 29.0 Å². The number of nitro benzene ring substituents is 1. The molecule has 31 heavy (non-hydrogen) atoms. The Bertz CT molecular complexity index is 1160. The molecule has 5 rings (SSSR count). The topological polar surface area (TPSA) is 64.4 Å². The minimum atomic E-state index is -0.378. The largest absolute Gasteiger partial charge is 0.489 e. The van der Waals surface area contributed by atoms with Crippen LogP contribution in [0.4, 0.5) is 11.4 Å². The monoisotopic (exact) mass is 432 g/mol. The molecule has 0 fully saturated rings. The predicted octanol–water partition coefficient (Wildman–Crippen LogP) is 6.65. The van der Waals surface area contributed by atoms with Crippen LogP contribution in [0, 0.1) is 16.0 Å². The lowest BCUT2D eigenvalue weighted by atomic mass is 9.77. The SMILES string of the molecule is O=[N+]([O-])c1ccc(Cl)c(C2Nc3ccc(OCc4ccccc4)cc3C3C=CCC32)c1. The number of allylic oxidation sites excluding steroid dienone is 2. The molecule has 3 atom stereocenters. The molecule has 5 nitrogen and oxygen atoms in total. The van der Waals surface area contributed by atoms with Gasteiger partial charge < -0.3 is 10.1 Å². The number of halogens is 1. The lowest BCUT2D eigenvalue weighted by Gasteiger charge is -2.38. The number of non-ortho nitro benzene ring substituents is 1. The molecular weight excluding hydrogens is 412 g/mol. The third kappa shape index (κ3) is 3.77. The zero-order chi connectivity index (χ0) is 21.4. The van der Waals surface area contributed by atoms with E-state index in [2.05, 4.69) is 23.5 Å². The van der Waals surface area contributed by atoms with Crippen molar-refractivity contribution in [3.05, 3.63) is 111 Å². The number of benzene rings is 3. The standard InChI is InChI=1S/C25H21ClN2O3/c26-23-11-9-17(28(29)30)13-22(23)25-20-8-4-7-19(20)21-14-18(10-12-24(21)27-25)31-15-16-5-2-1-3-6-16/h1-7,9-14,19-20,25,27H,8,15H2. The van der Waals surface area contributed by atoms with Gasteiger partial charge in [0.1, 0.15) is 12.4 Å². The van der Waals surface area contributed by atoms with Crippen molar-refractivity contribution in [3.8, 4) is 5.75 Å². The summed E-state index contributed by atoms with van der Waals surface area (Å²) in [4.78, 5) is 10.9. The Hall–Kier alpha value is -3.31. The summed E-state index contributed by atoms with van der Waals surface area (Å²) >= 11 is 6.47. The molecule has 0 saturated carbocycles. The molecule has 6 heteroatoms. The normalized spacial score (nSPS) is 21.1. The molecule has 0 bridgehead atoms. The van der Waals surface area contributed by atoms with Gasteiger partial charge in [0.2, 0.25) is 0 Å². The van der Waals surface area contributed by atoms with Crippen LogP contribution in [0.2, 0.25) is 5.02 Å². The summed E-state index contributed by atoms with van der Waals surface area (Å²) < 4.78 is 6.03. The van der Waals surface area contributed by atoms with Crippen LogP contribution in [0.1, 0.15) is 35.1 Å². The van der Waals surface area contributed by atoms with Crippen LogP contribution in [0.5, 0.6) is 5.75 Å². The summed E-state index contributed by atoms with van der Waals surface area (Å²) in [6.07, 6.45) is 5.29. The third-order valence-corrected chi connectivity index (χ3v) is 6.45. The van der Waals surface area contributed by atoms with E-state index in [0.29, 0.717) is 11.6 Å². The molecule has 1 aliphatic carbocycles. The Morgan fingerprint density at radius 1 is 1.06 bits per heavy atom. The van der Waals surface area contributed by atoms with Gasteiger partial charge >= 0.3 is 0 Å². The maximum absolute atomic E-state index is 11.3. The van der Waals surface area contributed by atoms with Crippen LogP contribution >= 0.6 is 11.6 Å². The second kappa shape index (κ2) is 8.08. The quantitative estimate of drug-likeness (QED) is 0.278. The smallest absolute Gasteiger partial charge is 0.269 e. The number of nitrogens with one attached hydrogen (secondary N) is 1. The number of hydrogen-bond acceptors (Lipinski definition) is 4. The zero-order valence-electron chi connectivity index (χ0n) is 16.7. The fraction of sp³-hybridized carbons (Fsp3) is 0.200. The molecule has 0 saturated heterocycles. The molecule has 0 aromatic heterocycles. The van der Waals surface area contributed by atoms with Crippen LogP contribution < -0.4 is 10.1 Å². The van der Waals surface area contributed by atoms with Crippen LogP contribution in [-0.4, -0.2) is 4.92 Å². The Morgan fingerprint density at radius 2 is 1.90 bits per heavy atom. The first-order valence-corrected chi connectivity index (χ1v) is 10.7. The van der Waals surface area contributed by atoms with E-state index < -0.39 is 0 Å². The average molecular weight is 433 g/mol. The summed E-state index contributed by atoms with van der Waals surface area (Å²) in [5, 5.41) is 15.4. The number of rotatable bonds is 5. The molecule has 1 N–H and O–H groups in total. The fourth-order valence-corrected chi connectivity index (χ4v) is 4.83. The number of hydrogen-bond donors (Lipinski definition) is 1. The first kappa shape index (κ1) is 19.6. The Morgan fingerprint density at radius 3 is 2.71 bits per heavy atom. The van der Waals surface area contributed by atoms with Gasteiger partial charge in [-0.15, -0.1) is 0 Å². The van der Waals surface area contributed by atoms with Gasteiger partial charge in [-0.05, 0) is 47.7 Å². The van der Waals surface area contributed by atoms with Crippen molar-refractivity contribution in [2.75, 3.05) is 5.32 Å². The molecule has 3 unspecified atom stereocenters. The minimum Gasteiger partial charge on any atom is -0.489 e. The third-order valence-electron chi connectivity index (χ3n) is 6.11. The first-order valence-electron chi connectivity index (χ1n) is 10.3. The van der Waals surface area contributed by atoms with Crippen LogP contribution in [0.25, 0.3) is 0 Å². The highest BCUT2D eigenvalue weighted by molar-refractivity contribution is 6.31. The maximum Gasteiger partial charge on any atom is 0.269 e. The predicted molar refractivity (Wildman–Crippen MR) is 122 cm³/mol. The van der Waals surface area contributed by atoms with Gasteiger partial charge in [-0.3, -0.25) is 10.1 Å². The van der Waals surface area contributed by atoms with Crippen molar-refractivity contribution < 1.29 is 9.66 Å². The van der Waals surface area contributed by atoms with Gasteiger partial charge in [-0.1, -0.05) is 54.1 Å². The first-order chi connectivity index (χ1) is 15.1. The van der Waals surface area contributed by atoms with Crippen LogP contribution in [0.15, 0.2) is 78.9 Å². The van der Waals surface area contributed by atoms with Gasteiger partial charge in [0.15, 0.2) is 0 Å². The van der Waals surface area contributed by atoms with Crippen LogP contribution in [-0.2, 0) is 6.61 Å². The second-order valence-corrected chi connectivity index (χ2v) is 8.37. The van der Waals surface area contributed by atoms with Crippen molar-refractivity contribution in [1.82, 2.24) is 0 Å². The summed E-state index contributed by atoms with van der Waals surface area (Å²) in [5.74, 6) is 1.27. The zero-order valence-corrected chi connectivity index (χ0v) is 17.5. The average Bonchev–Trinajstić information content (AvgIpc) is 3.28. The van der Waals surface area contributed by atoms with E-state index in [-0.39, 0.29) is 28.5 Å². The van der Waals surface area contributed by atoms with Crippen molar-refractivity contribution in [2.45, 2.75) is 25.0 Å². The Balaban J connectivity index is 1.45. The van der Waals surface area contributed by atoms with E-state index >= 15 is 0 Å². The van der Waals surface area contributed by atoms with Crippen molar-refractivity contribution in [2.24, 2.45) is 5.92 Å². The van der Waals surface area contributed by atoms with Gasteiger partial charge in [-0.25, -0.2) is 0 Å². The number of fused-ring (bicyclic) bond motifs is 3. The molecule has 0 radical (unpaired) electrons. The van der Waals surface area contributed by atoms with Gasteiger partial charge in [-0.2, -0.15) is 0 Å². The number of nitro groups is 1. The number of anilines is 1. The molecule has 156 valence electrons. The minimum absolute atomic E-state index is 0.0548. The molecule has 2 aliphatic rings. The molecule has 3 aromatic rings. The lowest BCUT2D eigenvalue weighted by molar-refractivity contribution is -0.384.